The average molecular weight is 392 g/mol. The first-order valence-corrected chi connectivity index (χ1v) is 9.63. The van der Waals surface area contributed by atoms with Gasteiger partial charge >= 0.3 is 0 Å². The fraction of sp³-hybridized carbons (Fsp3) is 0.222. The second kappa shape index (κ2) is 6.23. The summed E-state index contributed by atoms with van der Waals surface area (Å²) >= 11 is 3.48. The van der Waals surface area contributed by atoms with E-state index in [4.69, 9.17) is 0 Å². The van der Waals surface area contributed by atoms with E-state index in [1.807, 2.05) is 37.3 Å². The second-order valence-electron chi connectivity index (χ2n) is 5.80. The van der Waals surface area contributed by atoms with Crippen molar-refractivity contribution < 1.29 is 8.42 Å². The van der Waals surface area contributed by atoms with Crippen LogP contribution in [0.1, 0.15) is 22.6 Å². The van der Waals surface area contributed by atoms with Crippen molar-refractivity contribution in [1.29, 1.82) is 0 Å². The van der Waals surface area contributed by atoms with Gasteiger partial charge in [0.25, 0.3) is 0 Å². The number of benzene rings is 2. The van der Waals surface area contributed by atoms with E-state index in [0.717, 1.165) is 21.2 Å². The SMILES string of the molecule is C=CC1CN(S(=O)(=O)c2ccc(C)cc2)Cc2ccc(Br)cc21. The second-order valence-corrected chi connectivity index (χ2v) is 8.65. The molecule has 0 bridgehead atoms. The van der Waals surface area contributed by atoms with Crippen LogP contribution in [0.25, 0.3) is 0 Å². The zero-order valence-corrected chi connectivity index (χ0v) is 15.3. The average Bonchev–Trinajstić information content (AvgIpc) is 2.54. The van der Waals surface area contributed by atoms with Crippen molar-refractivity contribution in [2.24, 2.45) is 0 Å². The number of fused-ring (bicyclic) bond motifs is 1. The highest BCUT2D eigenvalue weighted by Gasteiger charge is 2.32. The summed E-state index contributed by atoms with van der Waals surface area (Å²) in [5.74, 6) is -0.00327. The van der Waals surface area contributed by atoms with Crippen molar-refractivity contribution in [3.63, 3.8) is 0 Å². The van der Waals surface area contributed by atoms with E-state index in [1.165, 1.54) is 0 Å². The predicted octanol–water partition coefficient (Wildman–Crippen LogP) is 4.23. The third-order valence-electron chi connectivity index (χ3n) is 4.20. The summed E-state index contributed by atoms with van der Waals surface area (Å²) in [6.07, 6.45) is 1.82. The van der Waals surface area contributed by atoms with Crippen LogP contribution < -0.4 is 0 Å². The van der Waals surface area contributed by atoms with Crippen molar-refractivity contribution in [3.8, 4) is 0 Å². The van der Waals surface area contributed by atoms with Gasteiger partial charge in [0.2, 0.25) is 10.0 Å². The van der Waals surface area contributed by atoms with Crippen LogP contribution >= 0.6 is 15.9 Å². The summed E-state index contributed by atoms with van der Waals surface area (Å²) in [6.45, 7) is 6.63. The van der Waals surface area contributed by atoms with E-state index in [9.17, 15) is 8.42 Å². The first-order valence-electron chi connectivity index (χ1n) is 7.39. The van der Waals surface area contributed by atoms with Gasteiger partial charge in [-0.1, -0.05) is 45.8 Å². The summed E-state index contributed by atoms with van der Waals surface area (Å²) in [5, 5.41) is 0. The summed E-state index contributed by atoms with van der Waals surface area (Å²) < 4.78 is 28.4. The monoisotopic (exact) mass is 391 g/mol. The molecule has 0 aromatic heterocycles. The smallest absolute Gasteiger partial charge is 0.207 e. The van der Waals surface area contributed by atoms with Gasteiger partial charge in [-0.25, -0.2) is 8.42 Å². The molecule has 1 atom stereocenters. The molecule has 0 spiro atoms. The Hall–Kier alpha value is -1.43. The van der Waals surface area contributed by atoms with Gasteiger partial charge in [-0.05, 0) is 42.3 Å². The van der Waals surface area contributed by atoms with Crippen LogP contribution in [-0.2, 0) is 16.6 Å². The molecule has 1 heterocycles. The third-order valence-corrected chi connectivity index (χ3v) is 6.52. The molecule has 1 aliphatic heterocycles. The van der Waals surface area contributed by atoms with Gasteiger partial charge in [-0.3, -0.25) is 0 Å². The third kappa shape index (κ3) is 3.13. The molecule has 120 valence electrons. The predicted molar refractivity (Wildman–Crippen MR) is 95.9 cm³/mol. The van der Waals surface area contributed by atoms with E-state index in [-0.39, 0.29) is 5.92 Å². The molecule has 3 nitrogen and oxygen atoms in total. The van der Waals surface area contributed by atoms with E-state index < -0.39 is 10.0 Å². The van der Waals surface area contributed by atoms with Crippen LogP contribution in [0.2, 0.25) is 0 Å². The van der Waals surface area contributed by atoms with E-state index in [0.29, 0.717) is 18.0 Å². The van der Waals surface area contributed by atoms with Crippen molar-refractivity contribution in [3.05, 3.63) is 76.3 Å². The minimum Gasteiger partial charge on any atom is -0.207 e. The van der Waals surface area contributed by atoms with Gasteiger partial charge in [0.15, 0.2) is 0 Å². The molecular weight excluding hydrogens is 374 g/mol. The highest BCUT2D eigenvalue weighted by Crippen LogP contribution is 2.34. The summed E-state index contributed by atoms with van der Waals surface area (Å²) in [6, 6.07) is 13.0. The molecule has 0 aliphatic carbocycles. The normalized spacial score (nSPS) is 18.4. The highest BCUT2D eigenvalue weighted by atomic mass is 79.9. The van der Waals surface area contributed by atoms with Gasteiger partial charge in [-0.2, -0.15) is 4.31 Å². The molecule has 2 aromatic rings. The first-order chi connectivity index (χ1) is 10.9. The number of hydrogen-bond acceptors (Lipinski definition) is 2. The van der Waals surface area contributed by atoms with Crippen molar-refractivity contribution in [1.82, 2.24) is 4.31 Å². The molecule has 0 saturated carbocycles. The number of sulfonamides is 1. The number of halogens is 1. The Labute approximate surface area is 145 Å². The number of hydrogen-bond donors (Lipinski definition) is 0. The van der Waals surface area contributed by atoms with Crippen LogP contribution in [0.3, 0.4) is 0 Å². The summed E-state index contributed by atoms with van der Waals surface area (Å²) in [5.41, 5.74) is 3.21. The molecular formula is C18H18BrNO2S. The highest BCUT2D eigenvalue weighted by molar-refractivity contribution is 9.10. The van der Waals surface area contributed by atoms with Crippen molar-refractivity contribution in [2.45, 2.75) is 24.3 Å². The molecule has 0 radical (unpaired) electrons. The van der Waals surface area contributed by atoms with Crippen LogP contribution in [0.4, 0.5) is 0 Å². The quantitative estimate of drug-likeness (QED) is 0.733. The largest absolute Gasteiger partial charge is 0.243 e. The molecule has 5 heteroatoms. The molecule has 1 aliphatic rings. The topological polar surface area (TPSA) is 37.4 Å². The number of aryl methyl sites for hydroxylation is 1. The fourth-order valence-electron chi connectivity index (χ4n) is 2.87. The van der Waals surface area contributed by atoms with E-state index >= 15 is 0 Å². The maximum atomic E-state index is 12.9. The lowest BCUT2D eigenvalue weighted by Gasteiger charge is -2.32. The maximum absolute atomic E-state index is 12.9. The molecule has 0 N–H and O–H groups in total. The lowest BCUT2D eigenvalue weighted by atomic mass is 9.91. The van der Waals surface area contributed by atoms with Crippen LogP contribution in [0, 0.1) is 6.92 Å². The Bertz CT molecular complexity index is 844. The Morgan fingerprint density at radius 3 is 2.57 bits per heavy atom. The maximum Gasteiger partial charge on any atom is 0.243 e. The minimum atomic E-state index is -3.50. The van der Waals surface area contributed by atoms with Crippen LogP contribution in [-0.4, -0.2) is 19.3 Å². The molecule has 0 amide bonds. The molecule has 23 heavy (non-hydrogen) atoms. The first kappa shape index (κ1) is 16.4. The molecule has 0 fully saturated rings. The van der Waals surface area contributed by atoms with Gasteiger partial charge in [0, 0.05) is 23.5 Å². The standard InChI is InChI=1S/C18H18BrNO2S/c1-3-14-11-20(12-15-6-7-16(19)10-18(14)15)23(21,22)17-8-4-13(2)5-9-17/h3-10,14H,1,11-12H2,2H3. The molecule has 0 saturated heterocycles. The number of nitrogens with zero attached hydrogens (tertiary/aromatic N) is 1. The molecule has 1 unspecified atom stereocenters. The van der Waals surface area contributed by atoms with Crippen molar-refractivity contribution in [2.75, 3.05) is 6.54 Å². The zero-order valence-electron chi connectivity index (χ0n) is 12.9. The van der Waals surface area contributed by atoms with Gasteiger partial charge < -0.3 is 0 Å². The summed E-state index contributed by atoms with van der Waals surface area (Å²) in [4.78, 5) is 0.339. The van der Waals surface area contributed by atoms with Gasteiger partial charge in [0.05, 0.1) is 4.90 Å². The van der Waals surface area contributed by atoms with Crippen molar-refractivity contribution >= 4 is 26.0 Å². The molecule has 3 rings (SSSR count). The lowest BCUT2D eigenvalue weighted by molar-refractivity contribution is 0.375. The van der Waals surface area contributed by atoms with Gasteiger partial charge in [-0.15, -0.1) is 6.58 Å². The van der Waals surface area contributed by atoms with Crippen LogP contribution in [0.5, 0.6) is 0 Å². The van der Waals surface area contributed by atoms with Gasteiger partial charge in [0.1, 0.15) is 0 Å². The fourth-order valence-corrected chi connectivity index (χ4v) is 4.69. The number of rotatable bonds is 3. The summed E-state index contributed by atoms with van der Waals surface area (Å²) in [7, 11) is -3.50. The Morgan fingerprint density at radius 1 is 1.22 bits per heavy atom. The Balaban J connectivity index is 2.00. The molecule has 2 aromatic carbocycles. The van der Waals surface area contributed by atoms with E-state index in [2.05, 4.69) is 28.6 Å². The zero-order chi connectivity index (χ0) is 16.6. The Kier molecular flexibility index (Phi) is 4.45. The van der Waals surface area contributed by atoms with Crippen LogP contribution in [0.15, 0.2) is 64.5 Å². The Morgan fingerprint density at radius 2 is 1.91 bits per heavy atom. The lowest BCUT2D eigenvalue weighted by Crippen LogP contribution is -2.37. The minimum absolute atomic E-state index is 0.00327. The van der Waals surface area contributed by atoms with E-state index in [1.54, 1.807) is 16.4 Å².